The molecule has 0 aliphatic rings. The van der Waals surface area contributed by atoms with E-state index < -0.39 is 0 Å². The lowest BCUT2D eigenvalue weighted by Crippen LogP contribution is -2.27. The Hall–Kier alpha value is -0.920. The fourth-order valence-electron chi connectivity index (χ4n) is 1.25. The van der Waals surface area contributed by atoms with Crippen molar-refractivity contribution in [1.29, 1.82) is 0 Å². The zero-order valence-corrected chi connectivity index (χ0v) is 11.6. The van der Waals surface area contributed by atoms with Gasteiger partial charge in [-0.05, 0) is 18.4 Å². The number of nitrogens with one attached hydrogen (secondary N) is 1. The molecule has 1 amide bonds. The largest absolute Gasteiger partial charge is 0.348 e. The quantitative estimate of drug-likeness (QED) is 0.858. The zero-order valence-electron chi connectivity index (χ0n) is 9.12. The maximum atomic E-state index is 11.7. The molecule has 2 aromatic rings. The minimum atomic E-state index is 0.0195. The number of thioether (sulfide) groups is 1. The van der Waals surface area contributed by atoms with E-state index in [4.69, 9.17) is 0 Å². The molecule has 0 aliphatic carbocycles. The second kappa shape index (κ2) is 6.13. The molecule has 0 spiro atoms. The van der Waals surface area contributed by atoms with Gasteiger partial charge in [-0.15, -0.1) is 21.5 Å². The van der Waals surface area contributed by atoms with Crippen molar-refractivity contribution in [3.05, 3.63) is 27.9 Å². The summed E-state index contributed by atoms with van der Waals surface area (Å²) in [5, 5.41) is 12.5. The summed E-state index contributed by atoms with van der Waals surface area (Å²) in [7, 11) is 0. The van der Waals surface area contributed by atoms with Gasteiger partial charge in [0.05, 0.1) is 11.8 Å². The molecule has 2 aromatic heterocycles. The van der Waals surface area contributed by atoms with Gasteiger partial charge in [0.25, 0.3) is 0 Å². The molecule has 0 unspecified atom stereocenters. The summed E-state index contributed by atoms with van der Waals surface area (Å²) in [5.41, 5.74) is 1.66. The van der Waals surface area contributed by atoms with Crippen LogP contribution in [-0.2, 0) is 4.79 Å². The van der Waals surface area contributed by atoms with Crippen LogP contribution in [0, 0.1) is 0 Å². The number of nitrogens with zero attached hydrogens (tertiary/aromatic N) is 2. The third kappa shape index (κ3) is 3.79. The molecule has 4 nitrogen and oxygen atoms in total. The Balaban J connectivity index is 1.77. The van der Waals surface area contributed by atoms with E-state index in [0.717, 1.165) is 4.34 Å². The number of thiophene rings is 1. The van der Waals surface area contributed by atoms with Gasteiger partial charge in [-0.2, -0.15) is 0 Å². The van der Waals surface area contributed by atoms with E-state index in [1.165, 1.54) is 28.0 Å². The summed E-state index contributed by atoms with van der Waals surface area (Å²) in [4.78, 5) is 12.8. The third-order valence-electron chi connectivity index (χ3n) is 2.01. The van der Waals surface area contributed by atoms with Crippen LogP contribution < -0.4 is 5.32 Å². The van der Waals surface area contributed by atoms with Crippen LogP contribution in [0.3, 0.4) is 0 Å². The van der Waals surface area contributed by atoms with E-state index in [-0.39, 0.29) is 11.9 Å². The highest BCUT2D eigenvalue weighted by molar-refractivity contribution is 8.01. The predicted octanol–water partition coefficient (Wildman–Crippen LogP) is 2.57. The van der Waals surface area contributed by atoms with Crippen LogP contribution >= 0.6 is 34.4 Å². The van der Waals surface area contributed by atoms with E-state index in [2.05, 4.69) is 15.5 Å². The van der Waals surface area contributed by atoms with Crippen molar-refractivity contribution < 1.29 is 4.79 Å². The monoisotopic (exact) mass is 285 g/mol. The van der Waals surface area contributed by atoms with Gasteiger partial charge in [-0.1, -0.05) is 29.2 Å². The number of amides is 1. The van der Waals surface area contributed by atoms with Crippen molar-refractivity contribution in [1.82, 2.24) is 15.5 Å². The van der Waals surface area contributed by atoms with Gasteiger partial charge in [0.1, 0.15) is 5.51 Å². The minimum Gasteiger partial charge on any atom is -0.348 e. The van der Waals surface area contributed by atoms with Crippen molar-refractivity contribution in [2.45, 2.75) is 17.3 Å². The topological polar surface area (TPSA) is 54.9 Å². The van der Waals surface area contributed by atoms with Crippen LogP contribution in [0.2, 0.25) is 0 Å². The van der Waals surface area contributed by atoms with E-state index in [1.54, 1.807) is 16.8 Å². The number of aromatic nitrogens is 2. The molecule has 2 rings (SSSR count). The summed E-state index contributed by atoms with van der Waals surface area (Å²) in [6.45, 7) is 1.99. The number of carbonyl (C=O) groups is 1. The van der Waals surface area contributed by atoms with Gasteiger partial charge in [0.2, 0.25) is 5.91 Å². The molecule has 1 atom stereocenters. The van der Waals surface area contributed by atoms with Crippen LogP contribution in [0.4, 0.5) is 0 Å². The van der Waals surface area contributed by atoms with Gasteiger partial charge in [0, 0.05) is 4.88 Å². The molecule has 0 saturated heterocycles. The highest BCUT2D eigenvalue weighted by Gasteiger charge is 2.11. The van der Waals surface area contributed by atoms with Crippen LogP contribution in [0.25, 0.3) is 0 Å². The first-order chi connectivity index (χ1) is 8.25. The van der Waals surface area contributed by atoms with E-state index in [9.17, 15) is 4.79 Å². The smallest absolute Gasteiger partial charge is 0.230 e. The predicted molar refractivity (Wildman–Crippen MR) is 71.5 cm³/mol. The van der Waals surface area contributed by atoms with Gasteiger partial charge in [-0.25, -0.2) is 0 Å². The van der Waals surface area contributed by atoms with Crippen LogP contribution in [0.1, 0.15) is 17.8 Å². The third-order valence-corrected chi connectivity index (χ3v) is 4.93. The van der Waals surface area contributed by atoms with Crippen molar-refractivity contribution in [2.24, 2.45) is 0 Å². The first-order valence-corrected chi connectivity index (χ1v) is 7.72. The Morgan fingerprint density at radius 3 is 3.12 bits per heavy atom. The summed E-state index contributed by atoms with van der Waals surface area (Å²) >= 11 is 4.50. The van der Waals surface area contributed by atoms with Crippen molar-refractivity contribution >= 4 is 40.3 Å². The number of rotatable bonds is 5. The second-order valence-electron chi connectivity index (χ2n) is 3.30. The van der Waals surface area contributed by atoms with Crippen LogP contribution in [0.15, 0.2) is 27.4 Å². The molecule has 90 valence electrons. The lowest BCUT2D eigenvalue weighted by molar-refractivity contribution is -0.119. The number of carbonyl (C=O) groups excluding carboxylic acids is 1. The molecule has 0 radical (unpaired) electrons. The molecule has 1 N–H and O–H groups in total. The minimum absolute atomic E-state index is 0.0195. The fourth-order valence-corrected chi connectivity index (χ4v) is 3.28. The number of hydrogen-bond acceptors (Lipinski definition) is 6. The van der Waals surface area contributed by atoms with Crippen molar-refractivity contribution in [3.63, 3.8) is 0 Å². The molecule has 0 aliphatic heterocycles. The number of hydrogen-bond donors (Lipinski definition) is 1. The van der Waals surface area contributed by atoms with Crippen LogP contribution in [0.5, 0.6) is 0 Å². The molecule has 0 saturated carbocycles. The van der Waals surface area contributed by atoms with Gasteiger partial charge < -0.3 is 5.32 Å². The molecule has 0 bridgehead atoms. The molecular weight excluding hydrogens is 274 g/mol. The summed E-state index contributed by atoms with van der Waals surface area (Å²) in [6.07, 6.45) is 0. The Kier molecular flexibility index (Phi) is 4.52. The second-order valence-corrected chi connectivity index (χ2v) is 6.33. The standard InChI is InChI=1S/C10H11N3OS3/c1-7(8-3-2-4-15-8)12-9(14)5-16-10-13-11-6-17-10/h2-4,6-7H,5H2,1H3,(H,12,14)/t7-/m0/s1. The molecule has 2 heterocycles. The lowest BCUT2D eigenvalue weighted by Gasteiger charge is -2.11. The first-order valence-electron chi connectivity index (χ1n) is 4.97. The summed E-state index contributed by atoms with van der Waals surface area (Å²) in [6, 6.07) is 4.07. The van der Waals surface area contributed by atoms with Crippen molar-refractivity contribution in [2.75, 3.05) is 5.75 Å². The Bertz CT molecular complexity index is 455. The molecule has 7 heteroatoms. The average Bonchev–Trinajstić information content (AvgIpc) is 2.99. The molecule has 0 aromatic carbocycles. The maximum absolute atomic E-state index is 11.7. The normalized spacial score (nSPS) is 12.3. The Labute approximate surface area is 111 Å². The Morgan fingerprint density at radius 1 is 1.59 bits per heavy atom. The first kappa shape index (κ1) is 12.5. The van der Waals surface area contributed by atoms with Crippen LogP contribution in [-0.4, -0.2) is 21.9 Å². The fraction of sp³-hybridized carbons (Fsp3) is 0.300. The van der Waals surface area contributed by atoms with E-state index >= 15 is 0 Å². The van der Waals surface area contributed by atoms with Gasteiger partial charge in [-0.3, -0.25) is 4.79 Å². The Morgan fingerprint density at radius 2 is 2.47 bits per heavy atom. The highest BCUT2D eigenvalue weighted by Crippen LogP contribution is 2.20. The van der Waals surface area contributed by atoms with Gasteiger partial charge in [0.15, 0.2) is 4.34 Å². The average molecular weight is 285 g/mol. The molecular formula is C10H11N3OS3. The van der Waals surface area contributed by atoms with E-state index in [1.807, 2.05) is 24.4 Å². The molecule has 0 fully saturated rings. The summed E-state index contributed by atoms with van der Waals surface area (Å²) in [5.74, 6) is 0.399. The molecule has 17 heavy (non-hydrogen) atoms. The maximum Gasteiger partial charge on any atom is 0.230 e. The summed E-state index contributed by atoms with van der Waals surface area (Å²) < 4.78 is 0.823. The van der Waals surface area contributed by atoms with Gasteiger partial charge >= 0.3 is 0 Å². The lowest BCUT2D eigenvalue weighted by atomic mass is 10.3. The van der Waals surface area contributed by atoms with E-state index in [0.29, 0.717) is 5.75 Å². The van der Waals surface area contributed by atoms with Crippen molar-refractivity contribution in [3.8, 4) is 0 Å². The zero-order chi connectivity index (χ0) is 12.1. The highest BCUT2D eigenvalue weighted by atomic mass is 32.2. The SMILES string of the molecule is C[C@H](NC(=O)CSc1nncs1)c1cccs1.